The molecule has 0 saturated carbocycles. The molecule has 2 atom stereocenters. The number of unbranched alkanes of at least 4 members (excludes halogenated alkanes) is 1. The van der Waals surface area contributed by atoms with Crippen molar-refractivity contribution in [3.8, 4) is 5.75 Å². The first kappa shape index (κ1) is 20.4. The number of rotatable bonds is 6. The topological polar surface area (TPSA) is 62.7 Å². The number of hydrogen-bond donors (Lipinski definition) is 0. The first-order valence-electron chi connectivity index (χ1n) is 10.8. The molecule has 2 unspecified atom stereocenters. The summed E-state index contributed by atoms with van der Waals surface area (Å²) in [4.78, 5) is 33.9. The van der Waals surface area contributed by atoms with Crippen LogP contribution in [0.4, 0.5) is 0 Å². The fourth-order valence-electron chi connectivity index (χ4n) is 4.27. The SMILES string of the molecule is CCCCC1CN(C(=O)C2CC(=O)N(Cc3ccccn3)C2)Cc2ccccc2O1. The Balaban J connectivity index is 1.46. The Labute approximate surface area is 177 Å². The van der Waals surface area contributed by atoms with Crippen LogP contribution in [0.2, 0.25) is 0 Å². The molecule has 1 aromatic carbocycles. The van der Waals surface area contributed by atoms with Crippen LogP contribution in [0, 0.1) is 5.92 Å². The summed E-state index contributed by atoms with van der Waals surface area (Å²) in [6.45, 7) is 4.16. The largest absolute Gasteiger partial charge is 0.488 e. The molecule has 1 saturated heterocycles. The molecule has 6 heteroatoms. The third-order valence-corrected chi connectivity index (χ3v) is 5.89. The second-order valence-corrected chi connectivity index (χ2v) is 8.20. The highest BCUT2D eigenvalue weighted by molar-refractivity contribution is 5.89. The number of carbonyl (C=O) groups excluding carboxylic acids is 2. The van der Waals surface area contributed by atoms with Crippen molar-refractivity contribution in [2.75, 3.05) is 13.1 Å². The van der Waals surface area contributed by atoms with E-state index in [-0.39, 0.29) is 30.3 Å². The van der Waals surface area contributed by atoms with Crippen LogP contribution in [0.1, 0.15) is 43.9 Å². The highest BCUT2D eigenvalue weighted by atomic mass is 16.5. The van der Waals surface area contributed by atoms with Crippen LogP contribution in [0.3, 0.4) is 0 Å². The molecule has 1 aromatic heterocycles. The lowest BCUT2D eigenvalue weighted by molar-refractivity contribution is -0.137. The molecule has 1 fully saturated rings. The molecule has 0 spiro atoms. The number of para-hydroxylation sites is 1. The average Bonchev–Trinajstić information content (AvgIpc) is 3.02. The number of fused-ring (bicyclic) bond motifs is 1. The summed E-state index contributed by atoms with van der Waals surface area (Å²) in [5, 5.41) is 0. The molecule has 0 N–H and O–H groups in total. The predicted octanol–water partition coefficient (Wildman–Crippen LogP) is 3.41. The minimum absolute atomic E-state index is 0.0146. The van der Waals surface area contributed by atoms with Gasteiger partial charge in [0.25, 0.3) is 0 Å². The van der Waals surface area contributed by atoms with E-state index in [0.29, 0.717) is 26.2 Å². The highest BCUT2D eigenvalue weighted by Crippen LogP contribution is 2.29. The first-order chi connectivity index (χ1) is 14.6. The molecule has 2 amide bonds. The second kappa shape index (κ2) is 9.28. The molecule has 2 aliphatic heterocycles. The summed E-state index contributed by atoms with van der Waals surface area (Å²) in [5.74, 6) is 0.633. The van der Waals surface area contributed by atoms with E-state index in [9.17, 15) is 9.59 Å². The van der Waals surface area contributed by atoms with Gasteiger partial charge in [0, 0.05) is 31.3 Å². The van der Waals surface area contributed by atoms with Crippen LogP contribution < -0.4 is 4.74 Å². The van der Waals surface area contributed by atoms with Gasteiger partial charge < -0.3 is 14.5 Å². The van der Waals surface area contributed by atoms with Crippen molar-refractivity contribution in [3.63, 3.8) is 0 Å². The summed E-state index contributed by atoms with van der Waals surface area (Å²) in [6.07, 6.45) is 5.06. The smallest absolute Gasteiger partial charge is 0.228 e. The fourth-order valence-corrected chi connectivity index (χ4v) is 4.27. The Hall–Kier alpha value is -2.89. The van der Waals surface area contributed by atoms with Gasteiger partial charge in [0.05, 0.1) is 24.7 Å². The number of carbonyl (C=O) groups is 2. The average molecular weight is 408 g/mol. The van der Waals surface area contributed by atoms with E-state index in [1.165, 1.54) is 0 Å². The normalized spacial score (nSPS) is 21.2. The maximum absolute atomic E-state index is 13.4. The van der Waals surface area contributed by atoms with Gasteiger partial charge in [-0.25, -0.2) is 0 Å². The summed E-state index contributed by atoms with van der Waals surface area (Å²) in [6, 6.07) is 13.6. The zero-order valence-electron chi connectivity index (χ0n) is 17.5. The molecule has 0 aliphatic carbocycles. The van der Waals surface area contributed by atoms with Gasteiger partial charge in [-0.1, -0.05) is 37.6 Å². The zero-order valence-corrected chi connectivity index (χ0v) is 17.5. The van der Waals surface area contributed by atoms with Gasteiger partial charge in [-0.05, 0) is 31.0 Å². The predicted molar refractivity (Wildman–Crippen MR) is 114 cm³/mol. The van der Waals surface area contributed by atoms with E-state index in [4.69, 9.17) is 4.74 Å². The van der Waals surface area contributed by atoms with Crippen molar-refractivity contribution in [2.45, 2.75) is 51.8 Å². The molecule has 2 aromatic rings. The number of hydrogen-bond acceptors (Lipinski definition) is 4. The highest BCUT2D eigenvalue weighted by Gasteiger charge is 2.38. The van der Waals surface area contributed by atoms with Crippen LogP contribution in [0.15, 0.2) is 48.7 Å². The minimum atomic E-state index is -0.307. The monoisotopic (exact) mass is 407 g/mol. The molecule has 158 valence electrons. The van der Waals surface area contributed by atoms with Gasteiger partial charge in [0.15, 0.2) is 0 Å². The lowest BCUT2D eigenvalue weighted by atomic mass is 10.1. The van der Waals surface area contributed by atoms with Gasteiger partial charge in [-0.3, -0.25) is 14.6 Å². The summed E-state index contributed by atoms with van der Waals surface area (Å²) < 4.78 is 6.24. The van der Waals surface area contributed by atoms with Crippen molar-refractivity contribution in [3.05, 3.63) is 59.9 Å². The maximum atomic E-state index is 13.4. The minimum Gasteiger partial charge on any atom is -0.488 e. The summed E-state index contributed by atoms with van der Waals surface area (Å²) >= 11 is 0. The van der Waals surface area contributed by atoms with Crippen molar-refractivity contribution in [1.29, 1.82) is 0 Å². The third kappa shape index (κ3) is 4.64. The summed E-state index contributed by atoms with van der Waals surface area (Å²) in [7, 11) is 0. The van der Waals surface area contributed by atoms with E-state index in [1.54, 1.807) is 11.1 Å². The Kier molecular flexibility index (Phi) is 6.31. The number of aromatic nitrogens is 1. The van der Waals surface area contributed by atoms with Crippen LogP contribution >= 0.6 is 0 Å². The van der Waals surface area contributed by atoms with Crippen LogP contribution in [0.25, 0.3) is 0 Å². The third-order valence-electron chi connectivity index (χ3n) is 5.89. The van der Waals surface area contributed by atoms with E-state index in [2.05, 4.69) is 11.9 Å². The molecular formula is C24H29N3O3. The zero-order chi connectivity index (χ0) is 20.9. The standard InChI is InChI=1S/C24H29N3O3/c1-2-3-10-21-17-27(14-18-8-4-5-11-22(18)30-21)24(29)19-13-23(28)26(15-19)16-20-9-6-7-12-25-20/h4-9,11-12,19,21H,2-3,10,13-17H2,1H3. The van der Waals surface area contributed by atoms with Crippen molar-refractivity contribution in [1.82, 2.24) is 14.8 Å². The summed E-state index contributed by atoms with van der Waals surface area (Å²) in [5.41, 5.74) is 1.87. The molecule has 4 rings (SSSR count). The number of nitrogens with zero attached hydrogens (tertiary/aromatic N) is 3. The van der Waals surface area contributed by atoms with E-state index in [1.807, 2.05) is 47.4 Å². The molecule has 3 heterocycles. The number of amides is 2. The Morgan fingerprint density at radius 1 is 1.17 bits per heavy atom. The van der Waals surface area contributed by atoms with Gasteiger partial charge in [-0.15, -0.1) is 0 Å². The molecule has 0 bridgehead atoms. The van der Waals surface area contributed by atoms with Crippen molar-refractivity contribution >= 4 is 11.8 Å². The van der Waals surface area contributed by atoms with Gasteiger partial charge in [-0.2, -0.15) is 0 Å². The Morgan fingerprint density at radius 3 is 2.80 bits per heavy atom. The van der Waals surface area contributed by atoms with Crippen LogP contribution in [0.5, 0.6) is 5.75 Å². The van der Waals surface area contributed by atoms with Gasteiger partial charge in [0.2, 0.25) is 11.8 Å². The van der Waals surface area contributed by atoms with Crippen molar-refractivity contribution in [2.24, 2.45) is 5.92 Å². The van der Waals surface area contributed by atoms with E-state index in [0.717, 1.165) is 36.3 Å². The van der Waals surface area contributed by atoms with E-state index >= 15 is 0 Å². The number of pyridine rings is 1. The molecule has 30 heavy (non-hydrogen) atoms. The number of likely N-dealkylation sites (tertiary alicyclic amines) is 1. The number of ether oxygens (including phenoxy) is 1. The van der Waals surface area contributed by atoms with Gasteiger partial charge >= 0.3 is 0 Å². The first-order valence-corrected chi connectivity index (χ1v) is 10.8. The molecule has 2 aliphatic rings. The van der Waals surface area contributed by atoms with Gasteiger partial charge in [0.1, 0.15) is 11.9 Å². The lowest BCUT2D eigenvalue weighted by Crippen LogP contribution is -2.41. The fraction of sp³-hybridized carbons (Fsp3) is 0.458. The molecule has 0 radical (unpaired) electrons. The van der Waals surface area contributed by atoms with Crippen LogP contribution in [-0.2, 0) is 22.7 Å². The van der Waals surface area contributed by atoms with E-state index < -0.39 is 0 Å². The quantitative estimate of drug-likeness (QED) is 0.736. The van der Waals surface area contributed by atoms with Crippen LogP contribution in [-0.4, -0.2) is 45.8 Å². The second-order valence-electron chi connectivity index (χ2n) is 8.20. The molecular weight excluding hydrogens is 378 g/mol. The molecule has 6 nitrogen and oxygen atoms in total. The van der Waals surface area contributed by atoms with Crippen molar-refractivity contribution < 1.29 is 14.3 Å². The number of benzene rings is 1. The Morgan fingerprint density at radius 2 is 2.00 bits per heavy atom. The maximum Gasteiger partial charge on any atom is 0.228 e. The lowest BCUT2D eigenvalue weighted by Gasteiger charge is -2.26. The Bertz CT molecular complexity index is 886.